The van der Waals surface area contributed by atoms with E-state index < -0.39 is 0 Å². The van der Waals surface area contributed by atoms with Crippen LogP contribution in [0.5, 0.6) is 5.88 Å². The summed E-state index contributed by atoms with van der Waals surface area (Å²) in [6, 6.07) is 1.75. The molecule has 0 aliphatic carbocycles. The lowest BCUT2D eigenvalue weighted by Crippen LogP contribution is -2.34. The van der Waals surface area contributed by atoms with E-state index >= 15 is 0 Å². The highest BCUT2D eigenvalue weighted by molar-refractivity contribution is 5.75. The largest absolute Gasteiger partial charge is 0.481 e. The number of amides is 1. The Morgan fingerprint density at radius 1 is 1.32 bits per heavy atom. The molecule has 1 fully saturated rings. The molecule has 1 aromatic rings. The summed E-state index contributed by atoms with van der Waals surface area (Å²) in [5.74, 6) is 1.48. The fraction of sp³-hybridized carbons (Fsp3) is 0.667. The van der Waals surface area contributed by atoms with Crippen molar-refractivity contribution in [2.24, 2.45) is 0 Å². The van der Waals surface area contributed by atoms with Gasteiger partial charge < -0.3 is 19.4 Å². The van der Waals surface area contributed by atoms with E-state index in [0.717, 1.165) is 39.1 Å². The molecular weight excluding hydrogens is 282 g/mol. The van der Waals surface area contributed by atoms with Gasteiger partial charge in [0.2, 0.25) is 17.7 Å². The van der Waals surface area contributed by atoms with Gasteiger partial charge in [-0.15, -0.1) is 0 Å². The number of anilines is 1. The van der Waals surface area contributed by atoms with Crippen LogP contribution in [0.1, 0.15) is 12.8 Å². The molecule has 0 unspecified atom stereocenters. The fourth-order valence-corrected chi connectivity index (χ4v) is 2.47. The second kappa shape index (κ2) is 7.93. The van der Waals surface area contributed by atoms with Crippen LogP contribution >= 0.6 is 0 Å². The molecule has 0 aromatic carbocycles. The Hall–Kier alpha value is -1.89. The molecule has 0 atom stereocenters. The lowest BCUT2D eigenvalue weighted by molar-refractivity contribution is -0.129. The molecule has 0 N–H and O–H groups in total. The summed E-state index contributed by atoms with van der Waals surface area (Å²) in [6.45, 7) is 4.51. The molecule has 0 spiro atoms. The predicted octanol–water partition coefficient (Wildman–Crippen LogP) is 0.476. The fourth-order valence-electron chi connectivity index (χ4n) is 2.47. The molecular formula is C15H25N5O2. The number of rotatable bonds is 5. The van der Waals surface area contributed by atoms with E-state index in [9.17, 15) is 4.79 Å². The number of carbonyl (C=O) groups is 1. The van der Waals surface area contributed by atoms with Crippen molar-refractivity contribution >= 4 is 11.9 Å². The Morgan fingerprint density at radius 3 is 2.86 bits per heavy atom. The van der Waals surface area contributed by atoms with Gasteiger partial charge in [-0.1, -0.05) is 0 Å². The standard InChI is InChI=1S/C15H25N5O2/c1-18(2)14(21)6-10-19-8-4-9-20(12-11-19)15-16-7-5-13(17-15)22-3/h5,7H,4,6,8-12H2,1-3H3. The molecule has 7 nitrogen and oxygen atoms in total. The van der Waals surface area contributed by atoms with E-state index in [2.05, 4.69) is 19.8 Å². The second-order valence-electron chi connectivity index (χ2n) is 5.62. The van der Waals surface area contributed by atoms with Gasteiger partial charge in [0.25, 0.3) is 0 Å². The SMILES string of the molecule is COc1ccnc(N2CCCN(CCC(=O)N(C)C)CC2)n1. The maximum atomic E-state index is 11.7. The molecule has 1 aliphatic rings. The molecule has 1 aromatic heterocycles. The van der Waals surface area contributed by atoms with Crippen molar-refractivity contribution in [2.75, 3.05) is 58.8 Å². The highest BCUT2D eigenvalue weighted by atomic mass is 16.5. The summed E-state index contributed by atoms with van der Waals surface area (Å²) < 4.78 is 5.16. The molecule has 1 amide bonds. The quantitative estimate of drug-likeness (QED) is 0.788. The monoisotopic (exact) mass is 307 g/mol. The summed E-state index contributed by atoms with van der Waals surface area (Å²) >= 11 is 0. The van der Waals surface area contributed by atoms with Gasteiger partial charge in [0.1, 0.15) is 0 Å². The molecule has 1 aliphatic heterocycles. The Labute approximate surface area is 131 Å². The van der Waals surface area contributed by atoms with Gasteiger partial charge in [-0.05, 0) is 13.0 Å². The zero-order valence-electron chi connectivity index (χ0n) is 13.7. The third kappa shape index (κ3) is 4.56. The number of hydrogen-bond donors (Lipinski definition) is 0. The van der Waals surface area contributed by atoms with Gasteiger partial charge in [-0.3, -0.25) is 4.79 Å². The first-order valence-corrected chi connectivity index (χ1v) is 7.64. The summed E-state index contributed by atoms with van der Waals surface area (Å²) in [6.07, 6.45) is 3.33. The average molecular weight is 307 g/mol. The van der Waals surface area contributed by atoms with Crippen molar-refractivity contribution in [3.05, 3.63) is 12.3 Å². The maximum Gasteiger partial charge on any atom is 0.228 e. The van der Waals surface area contributed by atoms with Gasteiger partial charge in [-0.2, -0.15) is 4.98 Å². The van der Waals surface area contributed by atoms with Gasteiger partial charge >= 0.3 is 0 Å². The second-order valence-corrected chi connectivity index (χ2v) is 5.62. The van der Waals surface area contributed by atoms with Gasteiger partial charge in [0.15, 0.2) is 0 Å². The van der Waals surface area contributed by atoms with Crippen LogP contribution in [0.25, 0.3) is 0 Å². The van der Waals surface area contributed by atoms with Crippen LogP contribution in [-0.2, 0) is 4.79 Å². The molecule has 0 radical (unpaired) electrons. The van der Waals surface area contributed by atoms with Crippen LogP contribution < -0.4 is 9.64 Å². The number of methoxy groups -OCH3 is 1. The van der Waals surface area contributed by atoms with E-state index in [1.165, 1.54) is 0 Å². The Morgan fingerprint density at radius 2 is 2.14 bits per heavy atom. The van der Waals surface area contributed by atoms with E-state index in [-0.39, 0.29) is 5.91 Å². The molecule has 0 saturated carbocycles. The van der Waals surface area contributed by atoms with Crippen molar-refractivity contribution in [3.63, 3.8) is 0 Å². The molecule has 7 heteroatoms. The topological polar surface area (TPSA) is 61.8 Å². The first kappa shape index (κ1) is 16.5. The molecule has 0 bridgehead atoms. The molecule has 2 heterocycles. The van der Waals surface area contributed by atoms with Crippen LogP contribution in [-0.4, -0.2) is 79.6 Å². The highest BCUT2D eigenvalue weighted by Gasteiger charge is 2.18. The Kier molecular flexibility index (Phi) is 5.94. The number of nitrogens with zero attached hydrogens (tertiary/aromatic N) is 5. The Bertz CT molecular complexity index is 495. The third-order valence-corrected chi connectivity index (χ3v) is 3.84. The third-order valence-electron chi connectivity index (χ3n) is 3.84. The number of aromatic nitrogens is 2. The molecule has 1 saturated heterocycles. The first-order chi connectivity index (χ1) is 10.6. The van der Waals surface area contributed by atoms with Crippen molar-refractivity contribution < 1.29 is 9.53 Å². The molecule has 2 rings (SSSR count). The highest BCUT2D eigenvalue weighted by Crippen LogP contribution is 2.14. The van der Waals surface area contributed by atoms with Crippen molar-refractivity contribution in [3.8, 4) is 5.88 Å². The van der Waals surface area contributed by atoms with Crippen molar-refractivity contribution in [2.45, 2.75) is 12.8 Å². The summed E-state index contributed by atoms with van der Waals surface area (Å²) in [4.78, 5) is 26.6. The zero-order chi connectivity index (χ0) is 15.9. The normalized spacial score (nSPS) is 16.2. The van der Waals surface area contributed by atoms with Gasteiger partial charge in [-0.25, -0.2) is 4.98 Å². The Balaban J connectivity index is 1.88. The van der Waals surface area contributed by atoms with E-state index in [0.29, 0.717) is 18.2 Å². The van der Waals surface area contributed by atoms with Crippen LogP contribution in [0, 0.1) is 0 Å². The smallest absolute Gasteiger partial charge is 0.228 e. The zero-order valence-corrected chi connectivity index (χ0v) is 13.7. The summed E-state index contributed by atoms with van der Waals surface area (Å²) in [5, 5.41) is 0. The minimum atomic E-state index is 0.178. The summed E-state index contributed by atoms with van der Waals surface area (Å²) in [5.41, 5.74) is 0. The van der Waals surface area contributed by atoms with Crippen LogP contribution in [0.2, 0.25) is 0 Å². The lowest BCUT2D eigenvalue weighted by Gasteiger charge is -2.22. The van der Waals surface area contributed by atoms with Crippen LogP contribution in [0.15, 0.2) is 12.3 Å². The van der Waals surface area contributed by atoms with Gasteiger partial charge in [0.05, 0.1) is 7.11 Å². The first-order valence-electron chi connectivity index (χ1n) is 7.64. The van der Waals surface area contributed by atoms with Gasteiger partial charge in [0, 0.05) is 59.0 Å². The van der Waals surface area contributed by atoms with E-state index in [4.69, 9.17) is 4.74 Å². The van der Waals surface area contributed by atoms with Crippen LogP contribution in [0.4, 0.5) is 5.95 Å². The lowest BCUT2D eigenvalue weighted by atomic mass is 10.3. The van der Waals surface area contributed by atoms with Crippen molar-refractivity contribution in [1.82, 2.24) is 19.8 Å². The molecule has 122 valence electrons. The average Bonchev–Trinajstić information content (AvgIpc) is 2.78. The number of hydrogen-bond acceptors (Lipinski definition) is 6. The summed E-state index contributed by atoms with van der Waals surface area (Å²) in [7, 11) is 5.21. The maximum absolute atomic E-state index is 11.7. The van der Waals surface area contributed by atoms with Crippen molar-refractivity contribution in [1.29, 1.82) is 0 Å². The van der Waals surface area contributed by atoms with Crippen LogP contribution in [0.3, 0.4) is 0 Å². The number of ether oxygens (including phenoxy) is 1. The van der Waals surface area contributed by atoms with E-state index in [1.807, 2.05) is 0 Å². The predicted molar refractivity (Wildman–Crippen MR) is 85.2 cm³/mol. The number of carbonyl (C=O) groups excluding carboxylic acids is 1. The minimum Gasteiger partial charge on any atom is -0.481 e. The van der Waals surface area contributed by atoms with E-state index in [1.54, 1.807) is 38.4 Å². The minimum absolute atomic E-state index is 0.178. The molecule has 22 heavy (non-hydrogen) atoms.